The van der Waals surface area contributed by atoms with Crippen LogP contribution >= 0.6 is 11.8 Å². The number of carbonyl (C=O) groups is 1. The molecule has 1 aromatic rings. The predicted molar refractivity (Wildman–Crippen MR) is 84.6 cm³/mol. The normalized spacial score (nSPS) is 20.4. The fourth-order valence-electron chi connectivity index (χ4n) is 2.48. The van der Waals surface area contributed by atoms with Gasteiger partial charge in [0.05, 0.1) is 5.57 Å². The SMILES string of the molecule is CCSC(=NC)C1=C(O)CC(c2ccccc2)CC1=O. The summed E-state index contributed by atoms with van der Waals surface area (Å²) in [6.07, 6.45) is 0.946. The Morgan fingerprint density at radius 1 is 1.35 bits per heavy atom. The number of ketones is 1. The van der Waals surface area contributed by atoms with Gasteiger partial charge in [-0.05, 0) is 17.2 Å². The second kappa shape index (κ2) is 6.75. The topological polar surface area (TPSA) is 49.7 Å². The maximum absolute atomic E-state index is 12.4. The molecule has 0 aliphatic heterocycles. The lowest BCUT2D eigenvalue weighted by atomic mass is 9.83. The lowest BCUT2D eigenvalue weighted by molar-refractivity contribution is -0.116. The van der Waals surface area contributed by atoms with E-state index in [2.05, 4.69) is 4.99 Å². The minimum absolute atomic E-state index is 0.0100. The van der Waals surface area contributed by atoms with Gasteiger partial charge in [0.15, 0.2) is 5.78 Å². The Morgan fingerprint density at radius 3 is 2.60 bits per heavy atom. The van der Waals surface area contributed by atoms with E-state index in [-0.39, 0.29) is 17.5 Å². The number of thioether (sulfide) groups is 1. The summed E-state index contributed by atoms with van der Waals surface area (Å²) in [5.41, 5.74) is 1.52. The van der Waals surface area contributed by atoms with E-state index >= 15 is 0 Å². The zero-order chi connectivity index (χ0) is 14.5. The van der Waals surface area contributed by atoms with Crippen molar-refractivity contribution < 1.29 is 9.90 Å². The maximum Gasteiger partial charge on any atom is 0.169 e. The van der Waals surface area contributed by atoms with Crippen LogP contribution in [-0.4, -0.2) is 28.7 Å². The van der Waals surface area contributed by atoms with Gasteiger partial charge >= 0.3 is 0 Å². The number of rotatable bonds is 3. The van der Waals surface area contributed by atoms with E-state index in [1.165, 1.54) is 11.8 Å². The molecule has 1 aliphatic carbocycles. The van der Waals surface area contributed by atoms with Gasteiger partial charge in [-0.25, -0.2) is 0 Å². The third-order valence-electron chi connectivity index (χ3n) is 3.41. The summed E-state index contributed by atoms with van der Waals surface area (Å²) in [4.78, 5) is 16.5. The second-order valence-corrected chi connectivity index (χ2v) is 5.98. The molecule has 0 fully saturated rings. The molecule has 0 aromatic heterocycles. The summed E-state index contributed by atoms with van der Waals surface area (Å²) in [6, 6.07) is 9.89. The standard InChI is InChI=1S/C16H19NO2S/c1-3-20-16(17-2)15-13(18)9-12(10-14(15)19)11-7-5-4-6-8-11/h4-8,12,18H,3,9-10H2,1-2H3. The summed E-state index contributed by atoms with van der Waals surface area (Å²) in [5.74, 6) is 1.07. The summed E-state index contributed by atoms with van der Waals surface area (Å²) in [6.45, 7) is 2.01. The maximum atomic E-state index is 12.4. The molecule has 1 atom stereocenters. The average molecular weight is 289 g/mol. The van der Waals surface area contributed by atoms with Crippen LogP contribution < -0.4 is 0 Å². The van der Waals surface area contributed by atoms with Crippen LogP contribution in [0.2, 0.25) is 0 Å². The molecular weight excluding hydrogens is 270 g/mol. The molecule has 2 rings (SSSR count). The first kappa shape index (κ1) is 14.9. The molecule has 0 bridgehead atoms. The van der Waals surface area contributed by atoms with Gasteiger partial charge in [-0.1, -0.05) is 37.3 Å². The van der Waals surface area contributed by atoms with Crippen LogP contribution in [0.5, 0.6) is 0 Å². The molecule has 1 aliphatic rings. The highest BCUT2D eigenvalue weighted by atomic mass is 32.2. The van der Waals surface area contributed by atoms with Crippen LogP contribution in [0, 0.1) is 0 Å². The van der Waals surface area contributed by atoms with Gasteiger partial charge in [0.2, 0.25) is 0 Å². The fourth-order valence-corrected chi connectivity index (χ4v) is 3.26. The van der Waals surface area contributed by atoms with Gasteiger partial charge in [-0.2, -0.15) is 0 Å². The van der Waals surface area contributed by atoms with Crippen molar-refractivity contribution in [1.29, 1.82) is 0 Å². The molecule has 0 saturated carbocycles. The largest absolute Gasteiger partial charge is 0.511 e. The smallest absolute Gasteiger partial charge is 0.169 e. The van der Waals surface area contributed by atoms with Crippen molar-refractivity contribution in [2.24, 2.45) is 4.99 Å². The van der Waals surface area contributed by atoms with E-state index in [0.717, 1.165) is 11.3 Å². The van der Waals surface area contributed by atoms with Crippen LogP contribution in [0.25, 0.3) is 0 Å². The summed E-state index contributed by atoms with van der Waals surface area (Å²) in [7, 11) is 1.66. The van der Waals surface area contributed by atoms with Crippen molar-refractivity contribution in [2.75, 3.05) is 12.8 Å². The van der Waals surface area contributed by atoms with Gasteiger partial charge in [0.25, 0.3) is 0 Å². The molecule has 4 heteroatoms. The van der Waals surface area contributed by atoms with Gasteiger partial charge in [-0.15, -0.1) is 11.8 Å². The predicted octanol–water partition coefficient (Wildman–Crippen LogP) is 3.73. The Hall–Kier alpha value is -1.55. The van der Waals surface area contributed by atoms with Crippen molar-refractivity contribution in [2.45, 2.75) is 25.7 Å². The number of aliphatic hydroxyl groups is 1. The van der Waals surface area contributed by atoms with Gasteiger partial charge in [-0.3, -0.25) is 9.79 Å². The number of aliphatic hydroxyl groups excluding tert-OH is 1. The minimum atomic E-state index is -0.0100. The molecule has 3 nitrogen and oxygen atoms in total. The Labute approximate surface area is 123 Å². The Morgan fingerprint density at radius 2 is 2.05 bits per heavy atom. The first-order chi connectivity index (χ1) is 9.67. The lowest BCUT2D eigenvalue weighted by Crippen LogP contribution is -2.22. The molecule has 0 amide bonds. The van der Waals surface area contributed by atoms with Gasteiger partial charge in [0, 0.05) is 19.9 Å². The van der Waals surface area contributed by atoms with E-state index in [1.807, 2.05) is 37.3 Å². The van der Waals surface area contributed by atoms with Crippen LogP contribution in [0.15, 0.2) is 46.7 Å². The highest BCUT2D eigenvalue weighted by Crippen LogP contribution is 2.35. The highest BCUT2D eigenvalue weighted by molar-refractivity contribution is 8.14. The van der Waals surface area contributed by atoms with Crippen LogP contribution in [0.3, 0.4) is 0 Å². The first-order valence-electron chi connectivity index (χ1n) is 6.77. The zero-order valence-electron chi connectivity index (χ0n) is 11.8. The molecule has 0 heterocycles. The van der Waals surface area contributed by atoms with Crippen molar-refractivity contribution in [3.63, 3.8) is 0 Å². The molecule has 0 saturated heterocycles. The number of benzene rings is 1. The molecule has 0 spiro atoms. The van der Waals surface area contributed by atoms with E-state index < -0.39 is 0 Å². The number of carbonyl (C=O) groups excluding carboxylic acids is 1. The van der Waals surface area contributed by atoms with Crippen LogP contribution in [0.4, 0.5) is 0 Å². The minimum Gasteiger partial charge on any atom is -0.511 e. The van der Waals surface area contributed by atoms with E-state index in [9.17, 15) is 9.90 Å². The van der Waals surface area contributed by atoms with Crippen molar-refractivity contribution in [3.8, 4) is 0 Å². The zero-order valence-corrected chi connectivity index (χ0v) is 12.6. The number of Topliss-reactive ketones (excluding diaryl/α,β-unsaturated/α-hetero) is 1. The van der Waals surface area contributed by atoms with Gasteiger partial charge in [0.1, 0.15) is 10.8 Å². The average Bonchev–Trinajstić information content (AvgIpc) is 2.46. The number of aliphatic imine (C=N–C) groups is 1. The highest BCUT2D eigenvalue weighted by Gasteiger charge is 2.31. The van der Waals surface area contributed by atoms with E-state index in [1.54, 1.807) is 7.05 Å². The van der Waals surface area contributed by atoms with Crippen LogP contribution in [-0.2, 0) is 4.79 Å². The number of nitrogens with zero attached hydrogens (tertiary/aromatic N) is 1. The van der Waals surface area contributed by atoms with E-state index in [0.29, 0.717) is 23.5 Å². The lowest BCUT2D eigenvalue weighted by Gasteiger charge is -2.24. The Bertz CT molecular complexity index is 549. The molecular formula is C16H19NO2S. The quantitative estimate of drug-likeness (QED) is 0.681. The van der Waals surface area contributed by atoms with Crippen molar-refractivity contribution in [1.82, 2.24) is 0 Å². The summed E-state index contributed by atoms with van der Waals surface area (Å²) < 4.78 is 0. The molecule has 1 unspecified atom stereocenters. The third-order valence-corrected chi connectivity index (χ3v) is 4.36. The van der Waals surface area contributed by atoms with Crippen molar-refractivity contribution in [3.05, 3.63) is 47.2 Å². The fraction of sp³-hybridized carbons (Fsp3) is 0.375. The Balaban J connectivity index is 2.28. The number of hydrogen-bond donors (Lipinski definition) is 1. The van der Waals surface area contributed by atoms with Gasteiger partial charge < -0.3 is 5.11 Å². The summed E-state index contributed by atoms with van der Waals surface area (Å²) in [5, 5.41) is 10.9. The molecule has 106 valence electrons. The molecule has 0 radical (unpaired) electrons. The number of hydrogen-bond acceptors (Lipinski definition) is 4. The van der Waals surface area contributed by atoms with E-state index in [4.69, 9.17) is 0 Å². The Kier molecular flexibility index (Phi) is 5.01. The van der Waals surface area contributed by atoms with Crippen molar-refractivity contribution >= 4 is 22.6 Å². The third kappa shape index (κ3) is 3.12. The van der Waals surface area contributed by atoms with Crippen LogP contribution in [0.1, 0.15) is 31.2 Å². The molecule has 1 N–H and O–H groups in total. The first-order valence-corrected chi connectivity index (χ1v) is 7.76. The summed E-state index contributed by atoms with van der Waals surface area (Å²) >= 11 is 1.50. The number of allylic oxidation sites excluding steroid dienone is 1. The second-order valence-electron chi connectivity index (χ2n) is 4.72. The molecule has 1 aromatic carbocycles. The molecule has 20 heavy (non-hydrogen) atoms. The monoisotopic (exact) mass is 289 g/mol.